The molecule has 0 saturated carbocycles. The maximum atomic E-state index is 11.8. The van der Waals surface area contributed by atoms with E-state index in [1.54, 1.807) is 19.1 Å². The predicted molar refractivity (Wildman–Crippen MR) is 58.6 cm³/mol. The number of nitrogens with one attached hydrogen (secondary N) is 1. The number of ether oxygens (including phenoxy) is 1. The minimum atomic E-state index is -3.45. The van der Waals surface area contributed by atoms with E-state index in [1.807, 2.05) is 13.0 Å². The second-order valence-electron chi connectivity index (χ2n) is 3.16. The van der Waals surface area contributed by atoms with Crippen molar-refractivity contribution in [1.29, 1.82) is 0 Å². The van der Waals surface area contributed by atoms with Crippen molar-refractivity contribution < 1.29 is 13.2 Å². The fraction of sp³-hybridized carbons (Fsp3) is 0.400. The number of hydrogen-bond donors (Lipinski definition) is 1. The molecular weight excluding hydrogens is 214 g/mol. The summed E-state index contributed by atoms with van der Waals surface area (Å²) >= 11 is 0. The zero-order valence-corrected chi connectivity index (χ0v) is 9.89. The van der Waals surface area contributed by atoms with Gasteiger partial charge >= 0.3 is 0 Å². The zero-order valence-electron chi connectivity index (χ0n) is 9.07. The monoisotopic (exact) mass is 229 g/mol. The van der Waals surface area contributed by atoms with E-state index in [1.165, 1.54) is 7.11 Å². The molecule has 0 aliphatic heterocycles. The molecule has 84 valence electrons. The summed E-state index contributed by atoms with van der Waals surface area (Å²) in [7, 11) is -2.00. The summed E-state index contributed by atoms with van der Waals surface area (Å²) in [5.41, 5.74) is 0.882. The zero-order chi connectivity index (χ0) is 11.5. The van der Waals surface area contributed by atoms with Gasteiger partial charge in [0.05, 0.1) is 7.11 Å². The second-order valence-corrected chi connectivity index (χ2v) is 4.89. The smallest absolute Gasteiger partial charge is 0.244 e. The molecule has 0 fully saturated rings. The fourth-order valence-electron chi connectivity index (χ4n) is 1.26. The van der Waals surface area contributed by atoms with Gasteiger partial charge in [0.15, 0.2) is 0 Å². The number of rotatable bonds is 4. The first-order valence-electron chi connectivity index (χ1n) is 4.65. The Hall–Kier alpha value is -1.07. The highest BCUT2D eigenvalue weighted by Crippen LogP contribution is 2.24. The van der Waals surface area contributed by atoms with Crippen LogP contribution in [0.2, 0.25) is 0 Å². The number of aryl methyl sites for hydroxylation is 1. The third-order valence-corrected chi connectivity index (χ3v) is 3.51. The van der Waals surface area contributed by atoms with Crippen LogP contribution in [0.25, 0.3) is 0 Å². The molecule has 5 heteroatoms. The van der Waals surface area contributed by atoms with Gasteiger partial charge in [-0.2, -0.15) is 0 Å². The summed E-state index contributed by atoms with van der Waals surface area (Å²) in [4.78, 5) is 0.187. The summed E-state index contributed by atoms with van der Waals surface area (Å²) in [6.07, 6.45) is 0. The molecule has 1 aromatic rings. The van der Waals surface area contributed by atoms with E-state index < -0.39 is 10.0 Å². The minimum Gasteiger partial charge on any atom is -0.495 e. The van der Waals surface area contributed by atoms with Gasteiger partial charge in [-0.15, -0.1) is 0 Å². The molecule has 0 aliphatic rings. The molecule has 0 bridgehead atoms. The standard InChI is InChI=1S/C10H15NO3S/c1-4-11-15(12,13)10-7-8(2)5-6-9(10)14-3/h5-7,11H,4H2,1-3H3. The number of benzene rings is 1. The van der Waals surface area contributed by atoms with Crippen LogP contribution >= 0.6 is 0 Å². The van der Waals surface area contributed by atoms with Crippen LogP contribution in [0.4, 0.5) is 0 Å². The highest BCUT2D eigenvalue weighted by atomic mass is 32.2. The lowest BCUT2D eigenvalue weighted by Crippen LogP contribution is -2.23. The largest absolute Gasteiger partial charge is 0.495 e. The third-order valence-electron chi connectivity index (χ3n) is 1.94. The second kappa shape index (κ2) is 4.63. The van der Waals surface area contributed by atoms with E-state index >= 15 is 0 Å². The van der Waals surface area contributed by atoms with Crippen molar-refractivity contribution in [3.05, 3.63) is 23.8 Å². The molecule has 0 spiro atoms. The Kier molecular flexibility index (Phi) is 3.71. The number of hydrogen-bond acceptors (Lipinski definition) is 3. The van der Waals surface area contributed by atoms with Gasteiger partial charge in [0.1, 0.15) is 10.6 Å². The van der Waals surface area contributed by atoms with Crippen molar-refractivity contribution in [2.45, 2.75) is 18.7 Å². The van der Waals surface area contributed by atoms with Gasteiger partial charge in [0.25, 0.3) is 0 Å². The van der Waals surface area contributed by atoms with E-state index in [0.29, 0.717) is 12.3 Å². The summed E-state index contributed by atoms with van der Waals surface area (Å²) in [6.45, 7) is 3.93. The predicted octanol–water partition coefficient (Wildman–Crippen LogP) is 1.30. The molecular formula is C10H15NO3S. The normalized spacial score (nSPS) is 11.4. The molecule has 0 aromatic heterocycles. The average Bonchev–Trinajstić information content (AvgIpc) is 2.17. The Morgan fingerprint density at radius 1 is 1.40 bits per heavy atom. The number of sulfonamides is 1. The first-order chi connectivity index (χ1) is 7.01. The highest BCUT2D eigenvalue weighted by molar-refractivity contribution is 7.89. The Bertz CT molecular complexity index is 440. The Morgan fingerprint density at radius 2 is 2.07 bits per heavy atom. The molecule has 0 unspecified atom stereocenters. The molecule has 0 atom stereocenters. The van der Waals surface area contributed by atoms with Gasteiger partial charge in [-0.25, -0.2) is 13.1 Å². The highest BCUT2D eigenvalue weighted by Gasteiger charge is 2.18. The van der Waals surface area contributed by atoms with E-state index in [4.69, 9.17) is 4.74 Å². The van der Waals surface area contributed by atoms with Crippen molar-refractivity contribution in [1.82, 2.24) is 4.72 Å². The molecule has 0 aliphatic carbocycles. The van der Waals surface area contributed by atoms with E-state index in [-0.39, 0.29) is 4.90 Å². The van der Waals surface area contributed by atoms with Crippen LogP contribution in [0, 0.1) is 6.92 Å². The summed E-state index contributed by atoms with van der Waals surface area (Å²) in [5, 5.41) is 0. The lowest BCUT2D eigenvalue weighted by molar-refractivity contribution is 0.402. The Morgan fingerprint density at radius 3 is 2.60 bits per heavy atom. The maximum absolute atomic E-state index is 11.8. The molecule has 0 heterocycles. The topological polar surface area (TPSA) is 55.4 Å². The van der Waals surface area contributed by atoms with Crippen LogP contribution < -0.4 is 9.46 Å². The molecule has 1 aromatic carbocycles. The first-order valence-corrected chi connectivity index (χ1v) is 6.14. The fourth-order valence-corrected chi connectivity index (χ4v) is 2.55. The molecule has 0 saturated heterocycles. The summed E-state index contributed by atoms with van der Waals surface area (Å²) in [6, 6.07) is 5.06. The third kappa shape index (κ3) is 2.70. The van der Waals surface area contributed by atoms with Crippen LogP contribution in [-0.2, 0) is 10.0 Å². The average molecular weight is 229 g/mol. The summed E-state index contributed by atoms with van der Waals surface area (Å²) < 4.78 is 31.0. The van der Waals surface area contributed by atoms with Crippen LogP contribution in [0.5, 0.6) is 5.75 Å². The first kappa shape index (κ1) is 12.0. The molecule has 1 rings (SSSR count). The van der Waals surface area contributed by atoms with Crippen molar-refractivity contribution in [3.63, 3.8) is 0 Å². The minimum absolute atomic E-state index is 0.187. The van der Waals surface area contributed by atoms with E-state index in [2.05, 4.69) is 4.72 Å². The van der Waals surface area contributed by atoms with Gasteiger partial charge in [0.2, 0.25) is 10.0 Å². The number of methoxy groups -OCH3 is 1. The maximum Gasteiger partial charge on any atom is 0.244 e. The molecule has 15 heavy (non-hydrogen) atoms. The van der Waals surface area contributed by atoms with Crippen molar-refractivity contribution in [2.75, 3.05) is 13.7 Å². The van der Waals surface area contributed by atoms with E-state index in [0.717, 1.165) is 5.56 Å². The van der Waals surface area contributed by atoms with Crippen molar-refractivity contribution >= 4 is 10.0 Å². The van der Waals surface area contributed by atoms with Gasteiger partial charge in [-0.05, 0) is 24.6 Å². The van der Waals surface area contributed by atoms with Crippen LogP contribution in [0.1, 0.15) is 12.5 Å². The molecule has 0 radical (unpaired) electrons. The quantitative estimate of drug-likeness (QED) is 0.846. The van der Waals surface area contributed by atoms with Gasteiger partial charge in [-0.3, -0.25) is 0 Å². The van der Waals surface area contributed by atoms with Crippen LogP contribution in [0.15, 0.2) is 23.1 Å². The van der Waals surface area contributed by atoms with Crippen LogP contribution in [0.3, 0.4) is 0 Å². The lowest BCUT2D eigenvalue weighted by atomic mass is 10.2. The lowest BCUT2D eigenvalue weighted by Gasteiger charge is -2.10. The molecule has 4 nitrogen and oxygen atoms in total. The molecule has 1 N–H and O–H groups in total. The Balaban J connectivity index is 3.28. The van der Waals surface area contributed by atoms with Crippen LogP contribution in [-0.4, -0.2) is 22.1 Å². The van der Waals surface area contributed by atoms with Gasteiger partial charge in [-0.1, -0.05) is 13.0 Å². The van der Waals surface area contributed by atoms with Crippen molar-refractivity contribution in [2.24, 2.45) is 0 Å². The Labute approximate surface area is 90.3 Å². The summed E-state index contributed by atoms with van der Waals surface area (Å²) in [5.74, 6) is 0.363. The van der Waals surface area contributed by atoms with Gasteiger partial charge < -0.3 is 4.74 Å². The van der Waals surface area contributed by atoms with E-state index in [9.17, 15) is 8.42 Å². The SMILES string of the molecule is CCNS(=O)(=O)c1cc(C)ccc1OC. The van der Waals surface area contributed by atoms with Gasteiger partial charge in [0, 0.05) is 6.54 Å². The molecule has 0 amide bonds. The van der Waals surface area contributed by atoms with Crippen molar-refractivity contribution in [3.8, 4) is 5.75 Å².